The number of rotatable bonds is 5. The van der Waals surface area contributed by atoms with Crippen LogP contribution in [0.3, 0.4) is 0 Å². The van der Waals surface area contributed by atoms with Crippen molar-refractivity contribution in [2.45, 2.75) is 6.10 Å². The lowest BCUT2D eigenvalue weighted by Gasteiger charge is -2.22. The standard InChI is InChI=1S/C23H17NO3/c25-23(26)17-7-4-6-16(14-17)22(27-19-9-2-1-3-10-19)21-11-5-8-18-15-24-13-12-20(18)21/h1-15,22H,(H,25,26). The molecule has 0 saturated carbocycles. The Morgan fingerprint density at radius 1 is 0.926 bits per heavy atom. The van der Waals surface area contributed by atoms with Crippen LogP contribution in [0.5, 0.6) is 5.75 Å². The average molecular weight is 355 g/mol. The number of hydrogen-bond donors (Lipinski definition) is 1. The second kappa shape index (κ2) is 7.30. The third-order valence-corrected chi connectivity index (χ3v) is 4.43. The Hall–Kier alpha value is -3.66. The molecule has 1 aromatic heterocycles. The number of hydrogen-bond acceptors (Lipinski definition) is 3. The molecule has 0 aliphatic rings. The first-order valence-corrected chi connectivity index (χ1v) is 8.60. The number of aromatic nitrogens is 1. The molecule has 4 aromatic rings. The fourth-order valence-corrected chi connectivity index (χ4v) is 3.16. The summed E-state index contributed by atoms with van der Waals surface area (Å²) in [5, 5.41) is 11.4. The SMILES string of the molecule is O=C(O)c1cccc(C(Oc2ccccc2)c2cccc3cnccc23)c1. The van der Waals surface area contributed by atoms with Crippen molar-refractivity contribution >= 4 is 16.7 Å². The molecule has 4 heteroatoms. The van der Waals surface area contributed by atoms with Gasteiger partial charge in [-0.05, 0) is 41.3 Å². The van der Waals surface area contributed by atoms with Gasteiger partial charge in [0.2, 0.25) is 0 Å². The van der Waals surface area contributed by atoms with E-state index in [1.807, 2.05) is 66.9 Å². The highest BCUT2D eigenvalue weighted by Crippen LogP contribution is 2.33. The number of ether oxygens (including phenoxy) is 1. The Morgan fingerprint density at radius 3 is 2.56 bits per heavy atom. The monoisotopic (exact) mass is 355 g/mol. The molecular formula is C23H17NO3. The van der Waals surface area contributed by atoms with Crippen molar-refractivity contribution in [3.63, 3.8) is 0 Å². The van der Waals surface area contributed by atoms with E-state index in [1.165, 1.54) is 0 Å². The number of carboxylic acids is 1. The van der Waals surface area contributed by atoms with Crippen molar-refractivity contribution in [3.05, 3.63) is 108 Å². The maximum atomic E-state index is 11.4. The van der Waals surface area contributed by atoms with Gasteiger partial charge < -0.3 is 9.84 Å². The van der Waals surface area contributed by atoms with Gasteiger partial charge in [0.1, 0.15) is 11.9 Å². The van der Waals surface area contributed by atoms with Gasteiger partial charge in [0, 0.05) is 23.3 Å². The molecule has 1 N–H and O–H groups in total. The molecule has 27 heavy (non-hydrogen) atoms. The molecule has 0 aliphatic carbocycles. The number of carbonyl (C=O) groups is 1. The van der Waals surface area contributed by atoms with Gasteiger partial charge >= 0.3 is 5.97 Å². The van der Waals surface area contributed by atoms with Gasteiger partial charge in [0.05, 0.1) is 5.56 Å². The summed E-state index contributed by atoms with van der Waals surface area (Å²) in [5.41, 5.74) is 1.97. The fraction of sp³-hybridized carbons (Fsp3) is 0.0435. The van der Waals surface area contributed by atoms with Crippen molar-refractivity contribution in [2.24, 2.45) is 0 Å². The zero-order valence-electron chi connectivity index (χ0n) is 14.4. The minimum absolute atomic E-state index is 0.232. The predicted molar refractivity (Wildman–Crippen MR) is 104 cm³/mol. The zero-order valence-corrected chi connectivity index (χ0v) is 14.4. The summed E-state index contributed by atoms with van der Waals surface area (Å²) in [5.74, 6) is -0.244. The number of benzene rings is 3. The second-order valence-corrected chi connectivity index (χ2v) is 6.19. The van der Waals surface area contributed by atoms with E-state index in [0.717, 1.165) is 21.9 Å². The third kappa shape index (κ3) is 3.51. The Morgan fingerprint density at radius 2 is 1.74 bits per heavy atom. The Balaban J connectivity index is 1.88. The molecule has 4 rings (SSSR count). The minimum Gasteiger partial charge on any atom is -0.481 e. The third-order valence-electron chi connectivity index (χ3n) is 4.43. The molecule has 1 atom stereocenters. The smallest absolute Gasteiger partial charge is 0.335 e. The molecule has 0 saturated heterocycles. The van der Waals surface area contributed by atoms with Crippen LogP contribution in [0.1, 0.15) is 27.6 Å². The summed E-state index contributed by atoms with van der Waals surface area (Å²) in [6, 6.07) is 24.3. The Kier molecular flexibility index (Phi) is 4.54. The molecule has 1 unspecified atom stereocenters. The maximum Gasteiger partial charge on any atom is 0.335 e. The summed E-state index contributed by atoms with van der Waals surface area (Å²) in [4.78, 5) is 15.6. The summed E-state index contributed by atoms with van der Waals surface area (Å²) < 4.78 is 6.32. The fourth-order valence-electron chi connectivity index (χ4n) is 3.16. The van der Waals surface area contributed by atoms with Crippen LogP contribution in [-0.4, -0.2) is 16.1 Å². The second-order valence-electron chi connectivity index (χ2n) is 6.19. The number of para-hydroxylation sites is 1. The summed E-state index contributed by atoms with van der Waals surface area (Å²) in [6.07, 6.45) is 3.11. The number of carboxylic acid groups (broad SMARTS) is 1. The van der Waals surface area contributed by atoms with E-state index >= 15 is 0 Å². The van der Waals surface area contributed by atoms with Gasteiger partial charge in [-0.2, -0.15) is 0 Å². The first-order valence-electron chi connectivity index (χ1n) is 8.60. The highest BCUT2D eigenvalue weighted by Gasteiger charge is 2.20. The van der Waals surface area contributed by atoms with E-state index in [1.54, 1.807) is 24.4 Å². The van der Waals surface area contributed by atoms with Gasteiger partial charge in [0.25, 0.3) is 0 Å². The van der Waals surface area contributed by atoms with Crippen LogP contribution in [0.15, 0.2) is 91.3 Å². The predicted octanol–water partition coefficient (Wildman–Crippen LogP) is 5.10. The zero-order chi connectivity index (χ0) is 18.6. The van der Waals surface area contributed by atoms with Gasteiger partial charge in [-0.1, -0.05) is 48.5 Å². The van der Waals surface area contributed by atoms with E-state index in [4.69, 9.17) is 4.74 Å². The summed E-state index contributed by atoms with van der Waals surface area (Å²) >= 11 is 0. The van der Waals surface area contributed by atoms with Crippen LogP contribution < -0.4 is 4.74 Å². The molecule has 4 nitrogen and oxygen atoms in total. The Labute approximate surface area is 156 Å². The van der Waals surface area contributed by atoms with E-state index in [-0.39, 0.29) is 5.56 Å². The molecule has 0 amide bonds. The molecule has 0 aliphatic heterocycles. The molecule has 1 heterocycles. The molecule has 0 spiro atoms. The van der Waals surface area contributed by atoms with Gasteiger partial charge in [-0.3, -0.25) is 4.98 Å². The van der Waals surface area contributed by atoms with Crippen molar-refractivity contribution in [3.8, 4) is 5.75 Å². The number of pyridine rings is 1. The Bertz CT molecular complexity index is 1090. The quantitative estimate of drug-likeness (QED) is 0.541. The molecule has 0 bridgehead atoms. The molecule has 132 valence electrons. The van der Waals surface area contributed by atoms with Crippen molar-refractivity contribution in [1.82, 2.24) is 4.98 Å². The molecule has 0 radical (unpaired) electrons. The maximum absolute atomic E-state index is 11.4. The minimum atomic E-state index is -0.961. The average Bonchev–Trinajstić information content (AvgIpc) is 2.72. The molecule has 3 aromatic carbocycles. The largest absolute Gasteiger partial charge is 0.481 e. The summed E-state index contributed by atoms with van der Waals surface area (Å²) in [6.45, 7) is 0. The molecular weight excluding hydrogens is 338 g/mol. The van der Waals surface area contributed by atoms with Crippen LogP contribution in [0, 0.1) is 0 Å². The van der Waals surface area contributed by atoms with Crippen molar-refractivity contribution < 1.29 is 14.6 Å². The summed E-state index contributed by atoms with van der Waals surface area (Å²) in [7, 11) is 0. The topological polar surface area (TPSA) is 59.4 Å². The number of nitrogens with zero attached hydrogens (tertiary/aromatic N) is 1. The van der Waals surface area contributed by atoms with E-state index in [9.17, 15) is 9.90 Å². The number of aromatic carboxylic acids is 1. The van der Waals surface area contributed by atoms with Crippen LogP contribution in [0.2, 0.25) is 0 Å². The van der Waals surface area contributed by atoms with Crippen LogP contribution >= 0.6 is 0 Å². The lowest BCUT2D eigenvalue weighted by molar-refractivity contribution is 0.0696. The van der Waals surface area contributed by atoms with E-state index in [2.05, 4.69) is 4.98 Å². The number of fused-ring (bicyclic) bond motifs is 1. The molecule has 0 fully saturated rings. The van der Waals surface area contributed by atoms with Crippen molar-refractivity contribution in [1.29, 1.82) is 0 Å². The highest BCUT2D eigenvalue weighted by atomic mass is 16.5. The van der Waals surface area contributed by atoms with Gasteiger partial charge in [-0.15, -0.1) is 0 Å². The van der Waals surface area contributed by atoms with E-state index in [0.29, 0.717) is 5.75 Å². The highest BCUT2D eigenvalue weighted by molar-refractivity contribution is 5.88. The van der Waals surface area contributed by atoms with E-state index < -0.39 is 12.1 Å². The van der Waals surface area contributed by atoms with Gasteiger partial charge in [0.15, 0.2) is 0 Å². The first-order chi connectivity index (χ1) is 13.2. The van der Waals surface area contributed by atoms with Crippen LogP contribution in [0.25, 0.3) is 10.8 Å². The van der Waals surface area contributed by atoms with Gasteiger partial charge in [-0.25, -0.2) is 4.79 Å². The van der Waals surface area contributed by atoms with Crippen molar-refractivity contribution in [2.75, 3.05) is 0 Å². The van der Waals surface area contributed by atoms with Crippen LogP contribution in [0.4, 0.5) is 0 Å². The lowest BCUT2D eigenvalue weighted by atomic mass is 9.95. The lowest BCUT2D eigenvalue weighted by Crippen LogP contribution is -2.11. The first kappa shape index (κ1) is 16.8. The van der Waals surface area contributed by atoms with Crippen LogP contribution in [-0.2, 0) is 0 Å². The normalized spacial score (nSPS) is 11.9.